The quantitative estimate of drug-likeness (QED) is 0.193. The highest BCUT2D eigenvalue weighted by molar-refractivity contribution is 6.16. The van der Waals surface area contributed by atoms with Crippen LogP contribution >= 0.6 is 0 Å². The lowest BCUT2D eigenvalue weighted by atomic mass is 9.52. The molecule has 0 radical (unpaired) electrons. The van der Waals surface area contributed by atoms with Crippen molar-refractivity contribution in [1.82, 2.24) is 5.32 Å². The number of carbonyl (C=O) groups excluding carboxylic acids is 5. The van der Waals surface area contributed by atoms with Gasteiger partial charge < -0.3 is 24.3 Å². The fourth-order valence-electron chi connectivity index (χ4n) is 5.36. The summed E-state index contributed by atoms with van der Waals surface area (Å²) in [5.41, 5.74) is -4.20. The Kier molecular flexibility index (Phi) is 11.1. The maximum Gasteiger partial charge on any atom is 0.325 e. The molecule has 0 aliphatic heterocycles. The van der Waals surface area contributed by atoms with Crippen molar-refractivity contribution in [1.29, 1.82) is 0 Å². The number of amides is 1. The molecule has 1 amide bonds. The van der Waals surface area contributed by atoms with Gasteiger partial charge in [0, 0.05) is 24.5 Å². The lowest BCUT2D eigenvalue weighted by Crippen LogP contribution is -2.65. The SMILES string of the molecule is C=C1CC(C(=O)OCC)(C(=O)OCC)C(C(=O)OCC)(C(=O)OCC)C/C1=C(/C)C(=O)NC1CCCCC1. The van der Waals surface area contributed by atoms with E-state index in [1.54, 1.807) is 6.92 Å². The highest BCUT2D eigenvalue weighted by Gasteiger charge is 2.75. The number of rotatable bonds is 10. The second kappa shape index (κ2) is 13.6. The van der Waals surface area contributed by atoms with Gasteiger partial charge in [0.15, 0.2) is 10.8 Å². The maximum absolute atomic E-state index is 13.7. The Labute approximate surface area is 224 Å². The summed E-state index contributed by atoms with van der Waals surface area (Å²) in [7, 11) is 0. The zero-order valence-electron chi connectivity index (χ0n) is 23.2. The minimum atomic E-state index is -2.50. The largest absolute Gasteiger partial charge is 0.465 e. The molecule has 0 aromatic rings. The van der Waals surface area contributed by atoms with E-state index in [0.29, 0.717) is 0 Å². The van der Waals surface area contributed by atoms with Crippen LogP contribution in [0, 0.1) is 10.8 Å². The van der Waals surface area contributed by atoms with E-state index < -0.39 is 47.5 Å². The van der Waals surface area contributed by atoms with E-state index >= 15 is 0 Å². The number of esters is 4. The summed E-state index contributed by atoms with van der Waals surface area (Å²) in [4.78, 5) is 68.0. The summed E-state index contributed by atoms with van der Waals surface area (Å²) in [5, 5.41) is 3.03. The fourth-order valence-corrected chi connectivity index (χ4v) is 5.36. The number of hydrogen-bond donors (Lipinski definition) is 1. The topological polar surface area (TPSA) is 134 Å². The molecule has 0 bridgehead atoms. The van der Waals surface area contributed by atoms with E-state index in [1.807, 2.05) is 0 Å². The number of allylic oxidation sites excluding steroid dienone is 2. The number of hydrogen-bond acceptors (Lipinski definition) is 9. The van der Waals surface area contributed by atoms with Crippen molar-refractivity contribution in [3.63, 3.8) is 0 Å². The zero-order chi connectivity index (χ0) is 28.5. The van der Waals surface area contributed by atoms with Gasteiger partial charge in [0.25, 0.3) is 0 Å². The molecular formula is C28H41NO9. The third kappa shape index (κ3) is 5.78. The highest BCUT2D eigenvalue weighted by Crippen LogP contribution is 2.57. The van der Waals surface area contributed by atoms with Crippen molar-refractivity contribution >= 4 is 29.8 Å². The van der Waals surface area contributed by atoms with Crippen molar-refractivity contribution in [2.24, 2.45) is 10.8 Å². The maximum atomic E-state index is 13.7. The molecule has 1 N–H and O–H groups in total. The summed E-state index contributed by atoms with van der Waals surface area (Å²) in [6.45, 7) is 11.2. The smallest absolute Gasteiger partial charge is 0.325 e. The lowest BCUT2D eigenvalue weighted by molar-refractivity contribution is -0.204. The molecule has 2 saturated carbocycles. The van der Waals surface area contributed by atoms with Gasteiger partial charge in [-0.2, -0.15) is 0 Å². The highest BCUT2D eigenvalue weighted by atomic mass is 16.6. The van der Waals surface area contributed by atoms with Gasteiger partial charge >= 0.3 is 23.9 Å². The molecule has 0 aromatic heterocycles. The molecule has 2 fully saturated rings. The predicted octanol–water partition coefficient (Wildman–Crippen LogP) is 3.33. The molecule has 2 rings (SSSR count). The predicted molar refractivity (Wildman–Crippen MR) is 137 cm³/mol. The van der Waals surface area contributed by atoms with Gasteiger partial charge in [0.1, 0.15) is 0 Å². The molecular weight excluding hydrogens is 494 g/mol. The van der Waals surface area contributed by atoms with E-state index in [1.165, 1.54) is 27.7 Å². The Bertz CT molecular complexity index is 939. The van der Waals surface area contributed by atoms with Crippen LogP contribution in [0.2, 0.25) is 0 Å². The van der Waals surface area contributed by atoms with Gasteiger partial charge in [-0.3, -0.25) is 24.0 Å². The molecule has 2 aliphatic rings. The molecule has 10 heteroatoms. The van der Waals surface area contributed by atoms with Crippen molar-refractivity contribution in [2.75, 3.05) is 26.4 Å². The van der Waals surface area contributed by atoms with Gasteiger partial charge in [-0.15, -0.1) is 0 Å². The number of ether oxygens (including phenoxy) is 4. The van der Waals surface area contributed by atoms with Crippen LogP contribution in [-0.2, 0) is 42.9 Å². The van der Waals surface area contributed by atoms with Crippen molar-refractivity contribution < 1.29 is 42.9 Å². The molecule has 38 heavy (non-hydrogen) atoms. The first-order valence-corrected chi connectivity index (χ1v) is 13.4. The summed E-state index contributed by atoms with van der Waals surface area (Å²) >= 11 is 0. The third-order valence-electron chi connectivity index (χ3n) is 7.31. The Morgan fingerprint density at radius 1 is 0.737 bits per heavy atom. The van der Waals surface area contributed by atoms with Gasteiger partial charge in [-0.25, -0.2) is 0 Å². The van der Waals surface area contributed by atoms with Crippen LogP contribution in [0.3, 0.4) is 0 Å². The molecule has 0 heterocycles. The van der Waals surface area contributed by atoms with Gasteiger partial charge in [0.2, 0.25) is 5.91 Å². The Morgan fingerprint density at radius 2 is 1.13 bits per heavy atom. The average molecular weight is 536 g/mol. The molecule has 0 unspecified atom stereocenters. The van der Waals surface area contributed by atoms with E-state index in [0.717, 1.165) is 32.1 Å². The Balaban J connectivity index is 2.79. The van der Waals surface area contributed by atoms with Crippen LogP contribution < -0.4 is 5.32 Å². The first-order valence-electron chi connectivity index (χ1n) is 13.4. The first-order chi connectivity index (χ1) is 18.1. The van der Waals surface area contributed by atoms with Crippen LogP contribution in [0.15, 0.2) is 23.3 Å². The molecule has 0 aromatic carbocycles. The normalized spacial score (nSPS) is 20.1. The van der Waals surface area contributed by atoms with E-state index in [2.05, 4.69) is 11.9 Å². The molecule has 212 valence electrons. The molecule has 10 nitrogen and oxygen atoms in total. The second-order valence-corrected chi connectivity index (χ2v) is 9.56. The van der Waals surface area contributed by atoms with Crippen molar-refractivity contribution in [3.05, 3.63) is 23.3 Å². The summed E-state index contributed by atoms with van der Waals surface area (Å²) < 4.78 is 21.1. The van der Waals surface area contributed by atoms with E-state index in [9.17, 15) is 24.0 Å². The Hall–Kier alpha value is -3.17. The standard InChI is InChI=1S/C28H41NO9/c1-7-35-23(31)27(24(32)36-8-2)16-18(5)21(19(6)22(30)29-20-14-12-11-13-15-20)17-28(27,25(33)37-9-3)26(34)38-10-4/h20H,5,7-17H2,1-4,6H3,(H,29,30)/b21-19+. The third-order valence-corrected chi connectivity index (χ3v) is 7.31. The summed E-state index contributed by atoms with van der Waals surface area (Å²) in [6.07, 6.45) is 3.86. The minimum Gasteiger partial charge on any atom is -0.465 e. The molecule has 0 atom stereocenters. The van der Waals surface area contributed by atoms with Crippen LogP contribution in [0.1, 0.15) is 79.6 Å². The monoisotopic (exact) mass is 535 g/mol. The summed E-state index contributed by atoms with van der Waals surface area (Å²) in [6, 6.07) is 0.0154. The minimum absolute atomic E-state index is 0.0154. The number of nitrogens with one attached hydrogen (secondary N) is 1. The summed E-state index contributed by atoms with van der Waals surface area (Å²) in [5.74, 6) is -4.88. The van der Waals surface area contributed by atoms with E-state index in [4.69, 9.17) is 18.9 Å². The fraction of sp³-hybridized carbons (Fsp3) is 0.679. The van der Waals surface area contributed by atoms with E-state index in [-0.39, 0.29) is 55.1 Å². The van der Waals surface area contributed by atoms with Crippen LogP contribution in [0.4, 0.5) is 0 Å². The van der Waals surface area contributed by atoms with Crippen LogP contribution in [0.5, 0.6) is 0 Å². The first kappa shape index (κ1) is 31.1. The molecule has 2 aliphatic carbocycles. The zero-order valence-corrected chi connectivity index (χ0v) is 23.2. The molecule has 0 spiro atoms. The Morgan fingerprint density at radius 3 is 1.53 bits per heavy atom. The molecule has 0 saturated heterocycles. The second-order valence-electron chi connectivity index (χ2n) is 9.56. The average Bonchev–Trinajstić information content (AvgIpc) is 2.89. The van der Waals surface area contributed by atoms with Gasteiger partial charge in [0.05, 0.1) is 26.4 Å². The van der Waals surface area contributed by atoms with Gasteiger partial charge in [-0.05, 0) is 58.6 Å². The van der Waals surface area contributed by atoms with Crippen molar-refractivity contribution in [2.45, 2.75) is 85.6 Å². The lowest BCUT2D eigenvalue weighted by Gasteiger charge is -2.47. The van der Waals surface area contributed by atoms with Crippen LogP contribution in [-0.4, -0.2) is 62.3 Å². The number of carbonyl (C=O) groups is 5. The van der Waals surface area contributed by atoms with Gasteiger partial charge in [-0.1, -0.05) is 25.8 Å². The van der Waals surface area contributed by atoms with Crippen LogP contribution in [0.25, 0.3) is 0 Å². The van der Waals surface area contributed by atoms with Crippen molar-refractivity contribution in [3.8, 4) is 0 Å².